The quantitative estimate of drug-likeness (QED) is 0.418. The number of nitrogens with zero attached hydrogens (tertiary/aromatic N) is 2. The van der Waals surface area contributed by atoms with Gasteiger partial charge < -0.3 is 9.15 Å². The van der Waals surface area contributed by atoms with Gasteiger partial charge in [0.1, 0.15) is 5.69 Å². The molecule has 5 rings (SSSR count). The van der Waals surface area contributed by atoms with E-state index < -0.39 is 12.0 Å². The Balaban J connectivity index is 1.62. The van der Waals surface area contributed by atoms with E-state index >= 15 is 0 Å². The van der Waals surface area contributed by atoms with Crippen LogP contribution in [0.25, 0.3) is 11.5 Å². The van der Waals surface area contributed by atoms with Crippen LogP contribution in [0.4, 0.5) is 5.69 Å². The Morgan fingerprint density at radius 1 is 1.09 bits per heavy atom. The van der Waals surface area contributed by atoms with Gasteiger partial charge in [-0.25, -0.2) is 4.79 Å². The van der Waals surface area contributed by atoms with Crippen LogP contribution in [0.3, 0.4) is 0 Å². The summed E-state index contributed by atoms with van der Waals surface area (Å²) in [5.41, 5.74) is 5.09. The van der Waals surface area contributed by atoms with Crippen molar-refractivity contribution in [2.75, 3.05) is 11.5 Å². The molecule has 0 saturated carbocycles. The second-order valence-electron chi connectivity index (χ2n) is 7.78. The molecule has 4 aromatic rings. The zero-order valence-electron chi connectivity index (χ0n) is 18.4. The summed E-state index contributed by atoms with van der Waals surface area (Å²) in [6.45, 7) is 4.17. The van der Waals surface area contributed by atoms with E-state index in [1.807, 2.05) is 18.2 Å². The average Bonchev–Trinajstić information content (AvgIpc) is 3.57. The van der Waals surface area contributed by atoms with Crippen LogP contribution in [-0.4, -0.2) is 28.7 Å². The molecule has 2 aromatic heterocycles. The van der Waals surface area contributed by atoms with Crippen LogP contribution in [0, 0.1) is 0 Å². The molecule has 0 spiro atoms. The molecule has 1 N–H and O–H groups in total. The number of aromatic amines is 1. The number of benzene rings is 2. The van der Waals surface area contributed by atoms with Crippen molar-refractivity contribution in [3.8, 4) is 11.5 Å². The zero-order valence-corrected chi connectivity index (χ0v) is 18.4. The van der Waals surface area contributed by atoms with Crippen LogP contribution in [0.5, 0.6) is 0 Å². The van der Waals surface area contributed by atoms with Gasteiger partial charge in [-0.2, -0.15) is 5.10 Å². The molecule has 0 bridgehead atoms. The third-order valence-electron chi connectivity index (χ3n) is 5.88. The highest BCUT2D eigenvalue weighted by Crippen LogP contribution is 2.45. The number of fused-ring (bicyclic) bond motifs is 1. The number of amides is 1. The van der Waals surface area contributed by atoms with E-state index in [-0.39, 0.29) is 5.91 Å². The van der Waals surface area contributed by atoms with Crippen molar-refractivity contribution < 1.29 is 18.7 Å². The molecule has 0 fully saturated rings. The third kappa shape index (κ3) is 3.51. The molecule has 3 heterocycles. The van der Waals surface area contributed by atoms with Crippen LogP contribution in [-0.2, 0) is 11.2 Å². The Morgan fingerprint density at radius 2 is 1.85 bits per heavy atom. The summed E-state index contributed by atoms with van der Waals surface area (Å²) in [5.74, 6) is 0.00973. The highest BCUT2D eigenvalue weighted by Gasteiger charge is 2.43. The molecule has 166 valence electrons. The molecule has 1 aliphatic heterocycles. The maximum absolute atomic E-state index is 13.5. The standard InChI is InChI=1S/C26H23N3O4/c1-3-16-7-9-17(10-8-16)24-21-22(20-6-5-15-33-20)27-28-23(21)25(30)29(24)19-13-11-18(12-14-19)26(31)32-4-2/h5-15,24H,3-4H2,1-2H3,(H,27,28). The number of esters is 1. The monoisotopic (exact) mass is 441 g/mol. The number of carbonyl (C=O) groups excluding carboxylic acids is 2. The fourth-order valence-corrected chi connectivity index (χ4v) is 4.24. The summed E-state index contributed by atoms with van der Waals surface area (Å²) in [5, 5.41) is 7.33. The van der Waals surface area contributed by atoms with E-state index in [0.717, 1.165) is 17.5 Å². The summed E-state index contributed by atoms with van der Waals surface area (Å²) in [7, 11) is 0. The van der Waals surface area contributed by atoms with Crippen molar-refractivity contribution in [1.82, 2.24) is 10.2 Å². The Labute approximate surface area is 191 Å². The van der Waals surface area contributed by atoms with Crippen LogP contribution in [0.1, 0.15) is 57.4 Å². The van der Waals surface area contributed by atoms with Gasteiger partial charge in [0.05, 0.1) is 24.5 Å². The van der Waals surface area contributed by atoms with Crippen molar-refractivity contribution in [2.24, 2.45) is 0 Å². The minimum absolute atomic E-state index is 0.215. The second-order valence-corrected chi connectivity index (χ2v) is 7.78. The lowest BCUT2D eigenvalue weighted by molar-refractivity contribution is 0.0526. The van der Waals surface area contributed by atoms with Gasteiger partial charge in [0.15, 0.2) is 11.5 Å². The summed E-state index contributed by atoms with van der Waals surface area (Å²) < 4.78 is 10.7. The molecule has 1 unspecified atom stereocenters. The lowest BCUT2D eigenvalue weighted by atomic mass is 9.96. The van der Waals surface area contributed by atoms with E-state index in [4.69, 9.17) is 9.15 Å². The van der Waals surface area contributed by atoms with Gasteiger partial charge >= 0.3 is 5.97 Å². The predicted molar refractivity (Wildman–Crippen MR) is 123 cm³/mol. The highest BCUT2D eigenvalue weighted by atomic mass is 16.5. The van der Waals surface area contributed by atoms with Gasteiger partial charge in [-0.15, -0.1) is 0 Å². The first-order valence-corrected chi connectivity index (χ1v) is 10.9. The molecule has 2 aromatic carbocycles. The van der Waals surface area contributed by atoms with Gasteiger partial charge in [-0.05, 0) is 60.9 Å². The highest BCUT2D eigenvalue weighted by molar-refractivity contribution is 6.11. The number of rotatable bonds is 6. The number of furan rings is 1. The summed E-state index contributed by atoms with van der Waals surface area (Å²) in [4.78, 5) is 27.3. The predicted octanol–water partition coefficient (Wildman–Crippen LogP) is 5.16. The van der Waals surface area contributed by atoms with Crippen LogP contribution in [0.15, 0.2) is 71.3 Å². The number of hydrogen-bond acceptors (Lipinski definition) is 5. The second kappa shape index (κ2) is 8.43. The first kappa shape index (κ1) is 20.8. The molecular formula is C26H23N3O4. The smallest absolute Gasteiger partial charge is 0.338 e. The average molecular weight is 441 g/mol. The Bertz CT molecular complexity index is 1290. The molecule has 1 atom stereocenters. The van der Waals surface area contributed by atoms with E-state index in [2.05, 4.69) is 29.3 Å². The number of carbonyl (C=O) groups is 2. The normalized spacial score (nSPS) is 15.0. The van der Waals surface area contributed by atoms with Gasteiger partial charge in [0.25, 0.3) is 5.91 Å². The first-order valence-electron chi connectivity index (χ1n) is 10.9. The zero-order chi connectivity index (χ0) is 22.9. The first-order chi connectivity index (χ1) is 16.1. The Hall–Kier alpha value is -4.13. The summed E-state index contributed by atoms with van der Waals surface area (Å²) >= 11 is 0. The number of aryl methyl sites for hydroxylation is 1. The van der Waals surface area contributed by atoms with Gasteiger partial charge in [-0.1, -0.05) is 31.2 Å². The molecular weight excluding hydrogens is 418 g/mol. The molecule has 0 aliphatic carbocycles. The van der Waals surface area contributed by atoms with E-state index in [1.165, 1.54) is 5.56 Å². The van der Waals surface area contributed by atoms with Crippen molar-refractivity contribution in [2.45, 2.75) is 26.3 Å². The minimum atomic E-state index is -0.398. The molecule has 7 nitrogen and oxygen atoms in total. The lowest BCUT2D eigenvalue weighted by Gasteiger charge is -2.26. The van der Waals surface area contributed by atoms with Gasteiger partial charge in [0.2, 0.25) is 0 Å². The maximum atomic E-state index is 13.5. The minimum Gasteiger partial charge on any atom is -0.463 e. The molecule has 7 heteroatoms. The molecule has 1 amide bonds. The summed E-state index contributed by atoms with van der Waals surface area (Å²) in [6.07, 6.45) is 2.52. The fraction of sp³-hybridized carbons (Fsp3) is 0.192. The molecule has 0 radical (unpaired) electrons. The number of aromatic nitrogens is 2. The van der Waals surface area contributed by atoms with Crippen molar-refractivity contribution >= 4 is 17.6 Å². The van der Waals surface area contributed by atoms with Crippen molar-refractivity contribution in [3.63, 3.8) is 0 Å². The maximum Gasteiger partial charge on any atom is 0.338 e. The largest absolute Gasteiger partial charge is 0.463 e. The van der Waals surface area contributed by atoms with E-state index in [1.54, 1.807) is 48.4 Å². The number of H-pyrrole nitrogens is 1. The molecule has 0 saturated heterocycles. The van der Waals surface area contributed by atoms with E-state index in [9.17, 15) is 9.59 Å². The van der Waals surface area contributed by atoms with Gasteiger partial charge in [0, 0.05) is 11.3 Å². The van der Waals surface area contributed by atoms with E-state index in [0.29, 0.717) is 35.0 Å². The Kier molecular flexibility index (Phi) is 5.30. The topological polar surface area (TPSA) is 88.4 Å². The van der Waals surface area contributed by atoms with Crippen molar-refractivity contribution in [3.05, 3.63) is 94.9 Å². The van der Waals surface area contributed by atoms with Crippen LogP contribution >= 0.6 is 0 Å². The number of nitrogens with one attached hydrogen (secondary N) is 1. The third-order valence-corrected chi connectivity index (χ3v) is 5.88. The lowest BCUT2D eigenvalue weighted by Crippen LogP contribution is -2.29. The van der Waals surface area contributed by atoms with Crippen LogP contribution < -0.4 is 4.90 Å². The molecule has 33 heavy (non-hydrogen) atoms. The number of hydrogen-bond donors (Lipinski definition) is 1. The van der Waals surface area contributed by atoms with Gasteiger partial charge in [-0.3, -0.25) is 14.8 Å². The molecule has 1 aliphatic rings. The van der Waals surface area contributed by atoms with Crippen LogP contribution in [0.2, 0.25) is 0 Å². The number of ether oxygens (including phenoxy) is 1. The fourth-order valence-electron chi connectivity index (χ4n) is 4.24. The number of anilines is 1. The SMILES string of the molecule is CCOC(=O)c1ccc(N2C(=O)c3n[nH]c(-c4ccco4)c3C2c2ccc(CC)cc2)cc1. The summed E-state index contributed by atoms with van der Waals surface area (Å²) in [6, 6.07) is 18.4. The van der Waals surface area contributed by atoms with Crippen molar-refractivity contribution in [1.29, 1.82) is 0 Å². The Morgan fingerprint density at radius 3 is 2.48 bits per heavy atom.